The Morgan fingerprint density at radius 3 is 2.78 bits per heavy atom. The summed E-state index contributed by atoms with van der Waals surface area (Å²) in [4.78, 5) is 18.0. The highest BCUT2D eigenvalue weighted by atomic mass is 19.4. The molecule has 3 rings (SSSR count). The Labute approximate surface area is 155 Å². The van der Waals surface area contributed by atoms with Gasteiger partial charge in [-0.2, -0.15) is 13.2 Å². The van der Waals surface area contributed by atoms with Gasteiger partial charge in [-0.3, -0.25) is 4.98 Å². The highest BCUT2D eigenvalue weighted by molar-refractivity contribution is 5.89. The number of halogens is 3. The Bertz CT molecular complexity index is 768. The van der Waals surface area contributed by atoms with Gasteiger partial charge < -0.3 is 15.0 Å². The molecule has 1 aromatic heterocycles. The summed E-state index contributed by atoms with van der Waals surface area (Å²) < 4.78 is 44.1. The van der Waals surface area contributed by atoms with Crippen molar-refractivity contribution in [1.82, 2.24) is 9.88 Å². The second-order valence-electron chi connectivity index (χ2n) is 6.46. The first-order valence-corrected chi connectivity index (χ1v) is 8.68. The number of alkyl halides is 3. The summed E-state index contributed by atoms with van der Waals surface area (Å²) in [5.41, 5.74) is -0.660. The van der Waals surface area contributed by atoms with E-state index < -0.39 is 17.8 Å². The molecule has 2 heterocycles. The van der Waals surface area contributed by atoms with Crippen molar-refractivity contribution in [3.63, 3.8) is 0 Å². The summed E-state index contributed by atoms with van der Waals surface area (Å²) in [5.74, 6) is 0.884. The number of carbonyl (C=O) groups excluding carboxylic acids is 1. The van der Waals surface area contributed by atoms with Gasteiger partial charge in [-0.05, 0) is 43.2 Å². The molecule has 1 aliphatic heterocycles. The maximum Gasteiger partial charge on any atom is 0.416 e. The average molecular weight is 379 g/mol. The van der Waals surface area contributed by atoms with E-state index in [4.69, 9.17) is 4.74 Å². The van der Waals surface area contributed by atoms with E-state index in [-0.39, 0.29) is 11.6 Å². The summed E-state index contributed by atoms with van der Waals surface area (Å²) in [6.07, 6.45) is 0.593. The smallest absolute Gasteiger partial charge is 0.416 e. The number of urea groups is 1. The van der Waals surface area contributed by atoms with Crippen LogP contribution >= 0.6 is 0 Å². The molecule has 1 fully saturated rings. The van der Waals surface area contributed by atoms with Gasteiger partial charge in [0.25, 0.3) is 0 Å². The maximum absolute atomic E-state index is 12.8. The van der Waals surface area contributed by atoms with Crippen LogP contribution in [-0.2, 0) is 6.18 Å². The van der Waals surface area contributed by atoms with Gasteiger partial charge in [0.2, 0.25) is 0 Å². The van der Waals surface area contributed by atoms with Gasteiger partial charge in [-0.1, -0.05) is 6.07 Å². The molecule has 8 heteroatoms. The van der Waals surface area contributed by atoms with Crippen LogP contribution < -0.4 is 10.1 Å². The molecule has 1 N–H and O–H groups in total. The van der Waals surface area contributed by atoms with Gasteiger partial charge in [0.05, 0.1) is 12.2 Å². The summed E-state index contributed by atoms with van der Waals surface area (Å²) in [6, 6.07) is 7.76. The fraction of sp³-hybridized carbons (Fsp3) is 0.368. The second kappa shape index (κ2) is 8.28. The number of rotatable bonds is 4. The lowest BCUT2D eigenvalue weighted by atomic mass is 9.99. The maximum atomic E-state index is 12.8. The Balaban J connectivity index is 1.55. The lowest BCUT2D eigenvalue weighted by molar-refractivity contribution is -0.137. The lowest BCUT2D eigenvalue weighted by Crippen LogP contribution is -2.43. The number of nitrogens with zero attached hydrogens (tertiary/aromatic N) is 2. The highest BCUT2D eigenvalue weighted by Crippen LogP contribution is 2.30. The summed E-state index contributed by atoms with van der Waals surface area (Å²) in [6.45, 7) is 1.53. The van der Waals surface area contributed by atoms with E-state index in [9.17, 15) is 18.0 Å². The van der Waals surface area contributed by atoms with Gasteiger partial charge in [-0.15, -0.1) is 0 Å². The molecule has 0 radical (unpaired) electrons. The van der Waals surface area contributed by atoms with Crippen LogP contribution in [0.4, 0.5) is 23.7 Å². The highest BCUT2D eigenvalue weighted by Gasteiger charge is 2.31. The first-order valence-electron chi connectivity index (χ1n) is 8.68. The first-order chi connectivity index (χ1) is 12.9. The predicted octanol–water partition coefficient (Wildman–Crippen LogP) is 4.42. The van der Waals surface area contributed by atoms with Crippen LogP contribution in [0, 0.1) is 5.92 Å². The minimum absolute atomic E-state index is 0.130. The zero-order valence-corrected chi connectivity index (χ0v) is 14.6. The van der Waals surface area contributed by atoms with Crippen molar-refractivity contribution in [2.75, 3.05) is 25.0 Å². The van der Waals surface area contributed by atoms with Crippen molar-refractivity contribution in [2.24, 2.45) is 5.92 Å². The van der Waals surface area contributed by atoms with E-state index in [1.165, 1.54) is 12.1 Å². The van der Waals surface area contributed by atoms with Gasteiger partial charge in [0.15, 0.2) is 0 Å². The van der Waals surface area contributed by atoms with E-state index in [0.717, 1.165) is 30.7 Å². The molecule has 1 aliphatic rings. The van der Waals surface area contributed by atoms with E-state index in [1.54, 1.807) is 29.4 Å². The first kappa shape index (κ1) is 19.0. The molecule has 27 heavy (non-hydrogen) atoms. The summed E-state index contributed by atoms with van der Waals surface area (Å²) in [5, 5.41) is 2.56. The number of pyridine rings is 1. The van der Waals surface area contributed by atoms with Gasteiger partial charge in [0.1, 0.15) is 5.75 Å². The van der Waals surface area contributed by atoms with Crippen molar-refractivity contribution in [1.29, 1.82) is 0 Å². The van der Waals surface area contributed by atoms with Gasteiger partial charge in [-0.25, -0.2) is 4.79 Å². The van der Waals surface area contributed by atoms with Crippen LogP contribution in [0.5, 0.6) is 5.75 Å². The standard InChI is InChI=1S/C19H20F3N3O2/c20-19(21,22)15-4-1-5-16(11-15)24-18(26)25-10-2-3-14(12-25)13-27-17-6-8-23-9-7-17/h1,4-9,11,14H,2-3,10,12-13H2,(H,24,26). The van der Waals surface area contributed by atoms with Gasteiger partial charge >= 0.3 is 12.2 Å². The number of benzene rings is 1. The Hall–Kier alpha value is -2.77. The van der Waals surface area contributed by atoms with Crippen LogP contribution in [-0.4, -0.2) is 35.6 Å². The topological polar surface area (TPSA) is 54.5 Å². The fourth-order valence-electron chi connectivity index (χ4n) is 3.01. The van der Waals surface area contributed by atoms with Crippen molar-refractivity contribution < 1.29 is 22.7 Å². The molecule has 1 unspecified atom stereocenters. The fourth-order valence-corrected chi connectivity index (χ4v) is 3.01. The minimum Gasteiger partial charge on any atom is -0.493 e. The molecule has 0 aliphatic carbocycles. The molecule has 1 aromatic carbocycles. The van der Waals surface area contributed by atoms with Crippen molar-refractivity contribution in [3.8, 4) is 5.75 Å². The third-order valence-corrected chi connectivity index (χ3v) is 4.38. The molecular weight excluding hydrogens is 359 g/mol. The quantitative estimate of drug-likeness (QED) is 0.855. The number of carbonyl (C=O) groups is 1. The molecule has 1 atom stereocenters. The van der Waals surface area contributed by atoms with Crippen LogP contribution in [0.25, 0.3) is 0 Å². The van der Waals surface area contributed by atoms with E-state index >= 15 is 0 Å². The number of likely N-dealkylation sites (tertiary alicyclic amines) is 1. The number of amides is 2. The zero-order chi connectivity index (χ0) is 19.3. The van der Waals surface area contributed by atoms with Crippen LogP contribution in [0.1, 0.15) is 18.4 Å². The SMILES string of the molecule is O=C(Nc1cccc(C(F)(F)F)c1)N1CCCC(COc2ccncc2)C1. The number of piperidine rings is 1. The Morgan fingerprint density at radius 1 is 1.26 bits per heavy atom. The van der Waals surface area contributed by atoms with Gasteiger partial charge in [0, 0.05) is 37.1 Å². The zero-order valence-electron chi connectivity index (χ0n) is 14.6. The van der Waals surface area contributed by atoms with Crippen molar-refractivity contribution in [3.05, 3.63) is 54.4 Å². The molecule has 2 amide bonds. The number of hydrogen-bond donors (Lipinski definition) is 1. The Kier molecular flexibility index (Phi) is 5.83. The van der Waals surface area contributed by atoms with E-state index in [1.807, 2.05) is 0 Å². The molecule has 144 valence electrons. The Morgan fingerprint density at radius 2 is 2.04 bits per heavy atom. The van der Waals surface area contributed by atoms with E-state index in [0.29, 0.717) is 19.7 Å². The monoisotopic (exact) mass is 379 g/mol. The minimum atomic E-state index is -4.44. The molecular formula is C19H20F3N3O2. The van der Waals surface area contributed by atoms with Crippen molar-refractivity contribution >= 4 is 11.7 Å². The third-order valence-electron chi connectivity index (χ3n) is 4.38. The third kappa shape index (κ3) is 5.35. The number of anilines is 1. The lowest BCUT2D eigenvalue weighted by Gasteiger charge is -2.32. The molecule has 2 aromatic rings. The number of hydrogen-bond acceptors (Lipinski definition) is 3. The van der Waals surface area contributed by atoms with Crippen LogP contribution in [0.2, 0.25) is 0 Å². The largest absolute Gasteiger partial charge is 0.493 e. The predicted molar refractivity (Wildman–Crippen MR) is 94.5 cm³/mol. The molecule has 1 saturated heterocycles. The number of nitrogens with one attached hydrogen (secondary N) is 1. The summed E-state index contributed by atoms with van der Waals surface area (Å²) in [7, 11) is 0. The molecule has 0 spiro atoms. The molecule has 0 bridgehead atoms. The van der Waals surface area contributed by atoms with Crippen LogP contribution in [0.3, 0.4) is 0 Å². The van der Waals surface area contributed by atoms with E-state index in [2.05, 4.69) is 10.3 Å². The second-order valence-corrected chi connectivity index (χ2v) is 6.46. The molecule has 5 nitrogen and oxygen atoms in total. The average Bonchev–Trinajstić information content (AvgIpc) is 2.67. The summed E-state index contributed by atoms with van der Waals surface area (Å²) >= 11 is 0. The normalized spacial score (nSPS) is 17.4. The number of ether oxygens (including phenoxy) is 1. The number of aromatic nitrogens is 1. The van der Waals surface area contributed by atoms with Crippen LogP contribution in [0.15, 0.2) is 48.8 Å². The van der Waals surface area contributed by atoms with Crippen molar-refractivity contribution in [2.45, 2.75) is 19.0 Å². The molecule has 0 saturated carbocycles.